The molecule has 1 N–H and O–H groups in total. The van der Waals surface area contributed by atoms with Gasteiger partial charge >= 0.3 is 0 Å². The first-order valence-electron chi connectivity index (χ1n) is 18.7. The fraction of sp³-hybridized carbons (Fsp3) is 0.435. The molecule has 0 bridgehead atoms. The summed E-state index contributed by atoms with van der Waals surface area (Å²) in [5.74, 6) is 0.926. The number of benzene rings is 3. The molecule has 3 aromatic heterocycles. The fourth-order valence-electron chi connectivity index (χ4n) is 6.72. The van der Waals surface area contributed by atoms with Gasteiger partial charge in [0.15, 0.2) is 5.78 Å². The van der Waals surface area contributed by atoms with Gasteiger partial charge in [0.25, 0.3) is 0 Å². The molecule has 0 aliphatic carbocycles. The first-order valence-corrected chi connectivity index (χ1v) is 19.5. The molecule has 0 aliphatic heterocycles. The zero-order valence-corrected chi connectivity index (χ0v) is 36.1. The van der Waals surface area contributed by atoms with Crippen molar-refractivity contribution in [2.75, 3.05) is 0 Å². The summed E-state index contributed by atoms with van der Waals surface area (Å²) in [6, 6.07) is 23.1. The molecule has 0 saturated carbocycles. The summed E-state index contributed by atoms with van der Waals surface area (Å²) < 4.78 is 7.81. The molecule has 0 aliphatic rings. The van der Waals surface area contributed by atoms with Gasteiger partial charge in [0.2, 0.25) is 0 Å². The van der Waals surface area contributed by atoms with Crippen molar-refractivity contribution in [3.05, 3.63) is 89.1 Å². The van der Waals surface area contributed by atoms with Crippen LogP contribution in [0, 0.1) is 22.8 Å². The number of nitrogens with zero attached hydrogens (tertiary/aromatic N) is 1. The number of pyridine rings is 1. The van der Waals surface area contributed by atoms with E-state index in [2.05, 4.69) is 95.3 Å². The number of aliphatic hydroxyl groups excluding tert-OH is 1. The van der Waals surface area contributed by atoms with E-state index in [4.69, 9.17) is 9.40 Å². The molecule has 279 valence electrons. The van der Waals surface area contributed by atoms with Crippen molar-refractivity contribution in [2.24, 2.45) is 16.7 Å². The summed E-state index contributed by atoms with van der Waals surface area (Å²) in [6.07, 6.45) is 7.77. The number of carbonyl (C=O) groups excluding carboxylic acids is 1. The van der Waals surface area contributed by atoms with Crippen LogP contribution in [0.3, 0.4) is 0 Å². The average molecular weight is 895 g/mol. The number of carbonyl (C=O) groups is 1. The largest absolute Gasteiger partial charge is 0.512 e. The Balaban J connectivity index is 0.000000289. The molecule has 0 unspecified atom stereocenters. The van der Waals surface area contributed by atoms with Crippen molar-refractivity contribution >= 4 is 59.9 Å². The van der Waals surface area contributed by atoms with E-state index in [1.807, 2.05) is 59.1 Å². The van der Waals surface area contributed by atoms with Crippen LogP contribution in [0.5, 0.6) is 0 Å². The van der Waals surface area contributed by atoms with Crippen LogP contribution in [0.1, 0.15) is 112 Å². The molecular formula is C46H56IrNO3S-. The first-order chi connectivity index (χ1) is 24.1. The molecule has 3 aromatic carbocycles. The van der Waals surface area contributed by atoms with Gasteiger partial charge in [-0.15, -0.1) is 40.5 Å². The topological polar surface area (TPSA) is 63.3 Å². The molecular weight excluding hydrogens is 839 g/mol. The summed E-state index contributed by atoms with van der Waals surface area (Å²) in [7, 11) is 0. The van der Waals surface area contributed by atoms with Gasteiger partial charge in [-0.1, -0.05) is 105 Å². The molecule has 3 heterocycles. The Kier molecular flexibility index (Phi) is 13.0. The minimum Gasteiger partial charge on any atom is -0.512 e. The number of ketones is 1. The normalized spacial score (nSPS) is 12.8. The van der Waals surface area contributed by atoms with Crippen molar-refractivity contribution in [2.45, 2.75) is 114 Å². The molecule has 0 fully saturated rings. The summed E-state index contributed by atoms with van der Waals surface area (Å²) in [5.41, 5.74) is 4.29. The minimum atomic E-state index is -0.337. The second-order valence-electron chi connectivity index (χ2n) is 16.1. The SMILES string of the molecule is CC(C)Cc1cc2c(ccc3oc4c(-c5[c-]c6ccccc6c(C(C)(C)C)c5)nccc4c32)s1.CCC(C)(CC)C(=O)/C=C(\O)C(C)(CC)CC.[Ir]. The van der Waals surface area contributed by atoms with Crippen molar-refractivity contribution in [3.63, 3.8) is 0 Å². The van der Waals surface area contributed by atoms with Gasteiger partial charge in [-0.25, -0.2) is 0 Å². The number of furan rings is 1. The van der Waals surface area contributed by atoms with E-state index < -0.39 is 0 Å². The molecule has 6 rings (SSSR count). The summed E-state index contributed by atoms with van der Waals surface area (Å²) in [5, 5.41) is 16.1. The molecule has 6 aromatic rings. The third-order valence-corrected chi connectivity index (χ3v) is 12.3. The Morgan fingerprint density at radius 1 is 0.885 bits per heavy atom. The van der Waals surface area contributed by atoms with E-state index in [0.717, 1.165) is 65.3 Å². The number of allylic oxidation sites excluding steroid dienone is 2. The first kappa shape index (κ1) is 41.4. The van der Waals surface area contributed by atoms with Gasteiger partial charge in [-0.05, 0) is 67.7 Å². The van der Waals surface area contributed by atoms with Gasteiger partial charge < -0.3 is 9.52 Å². The van der Waals surface area contributed by atoms with Crippen LogP contribution in [0.2, 0.25) is 0 Å². The monoisotopic (exact) mass is 895 g/mol. The van der Waals surface area contributed by atoms with Gasteiger partial charge in [-0.3, -0.25) is 9.78 Å². The summed E-state index contributed by atoms with van der Waals surface area (Å²) >= 11 is 1.90. The van der Waals surface area contributed by atoms with E-state index in [0.29, 0.717) is 5.92 Å². The number of aliphatic hydroxyl groups is 1. The number of hydrogen-bond donors (Lipinski definition) is 1. The number of fused-ring (bicyclic) bond motifs is 6. The maximum atomic E-state index is 12.2. The number of rotatable bonds is 10. The molecule has 1 radical (unpaired) electrons. The minimum absolute atomic E-state index is 0. The number of aromatic nitrogens is 1. The van der Waals surface area contributed by atoms with Crippen LogP contribution < -0.4 is 0 Å². The third-order valence-electron chi connectivity index (χ3n) is 11.1. The zero-order valence-electron chi connectivity index (χ0n) is 32.9. The summed E-state index contributed by atoms with van der Waals surface area (Å²) in [4.78, 5) is 18.4. The maximum absolute atomic E-state index is 12.2. The van der Waals surface area contributed by atoms with Gasteiger partial charge in [0, 0.05) is 74.6 Å². The van der Waals surface area contributed by atoms with E-state index in [-0.39, 0.29) is 47.9 Å². The van der Waals surface area contributed by atoms with E-state index in [1.165, 1.54) is 37.4 Å². The van der Waals surface area contributed by atoms with Crippen molar-refractivity contribution in [1.29, 1.82) is 0 Å². The van der Waals surface area contributed by atoms with Crippen LogP contribution in [0.4, 0.5) is 0 Å². The second kappa shape index (κ2) is 16.4. The van der Waals surface area contributed by atoms with Crippen LogP contribution in [0.15, 0.2) is 77.0 Å². The van der Waals surface area contributed by atoms with Crippen LogP contribution in [0.25, 0.3) is 54.1 Å². The summed E-state index contributed by atoms with van der Waals surface area (Å²) in [6.45, 7) is 23.4. The van der Waals surface area contributed by atoms with Crippen molar-refractivity contribution < 1.29 is 34.4 Å². The Labute approximate surface area is 328 Å². The standard InChI is InChI=1S/C31H28NOS.C15H28O2.Ir/c1-18(2)14-21-17-24-27(34-21)11-10-26-28(24)23-12-13-32-29(30(23)33-26)20-15-19-8-6-7-9-22(19)25(16-20)31(3,4)5;1-7-14(5,8-2)12(16)11-13(17)15(6,9-3)10-4;/h6-13,16-18H,14H2,1-5H3;11,16H,7-10H2,1-6H3;/q-1;;/b;12-11-;. The molecule has 4 nitrogen and oxygen atoms in total. The smallest absolute Gasteiger partial charge is 0.164 e. The van der Waals surface area contributed by atoms with Crippen LogP contribution in [-0.2, 0) is 36.7 Å². The maximum Gasteiger partial charge on any atom is 0.164 e. The fourth-order valence-corrected chi connectivity index (χ4v) is 8.01. The molecule has 52 heavy (non-hydrogen) atoms. The van der Waals surface area contributed by atoms with E-state index in [1.54, 1.807) is 0 Å². The van der Waals surface area contributed by atoms with Gasteiger partial charge in [0.1, 0.15) is 16.9 Å². The molecule has 0 spiro atoms. The Morgan fingerprint density at radius 2 is 1.54 bits per heavy atom. The number of thiophene rings is 1. The Hall–Kier alpha value is -3.31. The van der Waals surface area contributed by atoms with E-state index in [9.17, 15) is 9.90 Å². The molecule has 6 heteroatoms. The zero-order chi connectivity index (χ0) is 37.3. The van der Waals surface area contributed by atoms with Crippen LogP contribution >= 0.6 is 11.3 Å². The van der Waals surface area contributed by atoms with Gasteiger partial charge in [0.05, 0.1) is 0 Å². The molecule has 0 atom stereocenters. The van der Waals surface area contributed by atoms with E-state index >= 15 is 0 Å². The van der Waals surface area contributed by atoms with Crippen molar-refractivity contribution in [3.8, 4) is 11.3 Å². The Morgan fingerprint density at radius 3 is 2.15 bits per heavy atom. The molecule has 0 amide bonds. The quantitative estimate of drug-likeness (QED) is 0.0845. The predicted molar refractivity (Wildman–Crippen MR) is 219 cm³/mol. The third kappa shape index (κ3) is 8.25. The molecule has 0 saturated heterocycles. The average Bonchev–Trinajstić information content (AvgIpc) is 3.70. The predicted octanol–water partition coefficient (Wildman–Crippen LogP) is 14.0. The van der Waals surface area contributed by atoms with Gasteiger partial charge in [-0.2, -0.15) is 0 Å². The van der Waals surface area contributed by atoms with Crippen molar-refractivity contribution in [1.82, 2.24) is 4.98 Å². The Bertz CT molecular complexity index is 2210. The van der Waals surface area contributed by atoms with Crippen LogP contribution in [-0.4, -0.2) is 15.9 Å². The number of hydrogen-bond acceptors (Lipinski definition) is 5. The second-order valence-corrected chi connectivity index (χ2v) is 17.3.